The van der Waals surface area contributed by atoms with Crippen molar-refractivity contribution in [1.29, 1.82) is 0 Å². The molecule has 0 radical (unpaired) electrons. The van der Waals surface area contributed by atoms with Gasteiger partial charge in [-0.05, 0) is 37.4 Å². The molecule has 1 N–H and O–H groups in total. The molecule has 2 rings (SSSR count). The van der Waals surface area contributed by atoms with Gasteiger partial charge in [0, 0.05) is 18.4 Å². The summed E-state index contributed by atoms with van der Waals surface area (Å²) in [6, 6.07) is 4.81. The van der Waals surface area contributed by atoms with Crippen LogP contribution < -0.4 is 5.32 Å². The number of likely N-dealkylation sites (N-methyl/N-ethyl adjacent to an activating group) is 1. The van der Waals surface area contributed by atoms with E-state index in [1.165, 1.54) is 31.2 Å². The van der Waals surface area contributed by atoms with Crippen LogP contribution in [0.5, 0.6) is 0 Å². The Bertz CT molecular complexity index is 280. The molecule has 0 saturated heterocycles. The van der Waals surface area contributed by atoms with E-state index in [1.54, 1.807) is 0 Å². The van der Waals surface area contributed by atoms with E-state index < -0.39 is 0 Å². The average Bonchev–Trinajstić information content (AvgIpc) is 2.23. The summed E-state index contributed by atoms with van der Waals surface area (Å²) in [5, 5.41) is 3.42. The van der Waals surface area contributed by atoms with Crippen LogP contribution >= 0.6 is 0 Å². The minimum Gasteiger partial charge on any atom is -0.317 e. The second-order valence-electron chi connectivity index (χ2n) is 4.58. The maximum atomic E-state index is 4.16. The predicted octanol–water partition coefficient (Wildman–Crippen LogP) is 2.40. The van der Waals surface area contributed by atoms with Gasteiger partial charge in [0.05, 0.1) is 0 Å². The number of hydrogen-bond donors (Lipinski definition) is 1. The van der Waals surface area contributed by atoms with Crippen molar-refractivity contribution in [2.75, 3.05) is 7.05 Å². The van der Waals surface area contributed by atoms with E-state index in [0.717, 1.165) is 12.3 Å². The van der Waals surface area contributed by atoms with Gasteiger partial charge in [0.1, 0.15) is 0 Å². The van der Waals surface area contributed by atoms with Gasteiger partial charge in [-0.1, -0.05) is 25.3 Å². The van der Waals surface area contributed by atoms with E-state index in [4.69, 9.17) is 0 Å². The Morgan fingerprint density at radius 2 is 2.40 bits per heavy atom. The molecule has 1 saturated carbocycles. The maximum absolute atomic E-state index is 4.16. The van der Waals surface area contributed by atoms with Crippen molar-refractivity contribution in [3.63, 3.8) is 0 Å². The number of nitrogens with one attached hydrogen (secondary N) is 1. The van der Waals surface area contributed by atoms with Gasteiger partial charge < -0.3 is 5.32 Å². The SMILES string of the molecule is CNC(Cc1cccnc1)CC1CCC1. The van der Waals surface area contributed by atoms with Crippen LogP contribution in [0, 0.1) is 5.92 Å². The highest BCUT2D eigenvalue weighted by atomic mass is 14.9. The van der Waals surface area contributed by atoms with Crippen LogP contribution in [0.3, 0.4) is 0 Å². The fourth-order valence-electron chi connectivity index (χ4n) is 2.24. The zero-order valence-electron chi connectivity index (χ0n) is 9.45. The third-order valence-electron chi connectivity index (χ3n) is 3.46. The van der Waals surface area contributed by atoms with E-state index in [9.17, 15) is 0 Å². The predicted molar refractivity (Wildman–Crippen MR) is 62.7 cm³/mol. The van der Waals surface area contributed by atoms with E-state index >= 15 is 0 Å². The van der Waals surface area contributed by atoms with Gasteiger partial charge in [-0.25, -0.2) is 0 Å². The first-order valence-electron chi connectivity index (χ1n) is 5.94. The average molecular weight is 204 g/mol. The molecule has 15 heavy (non-hydrogen) atoms. The second kappa shape index (κ2) is 5.26. The molecule has 1 heterocycles. The number of rotatable bonds is 5. The van der Waals surface area contributed by atoms with Gasteiger partial charge in [-0.3, -0.25) is 4.98 Å². The van der Waals surface area contributed by atoms with Gasteiger partial charge in [0.2, 0.25) is 0 Å². The van der Waals surface area contributed by atoms with Crippen molar-refractivity contribution in [3.8, 4) is 0 Å². The molecule has 2 nitrogen and oxygen atoms in total. The summed E-state index contributed by atoms with van der Waals surface area (Å²) in [6.45, 7) is 0. The first kappa shape index (κ1) is 10.6. The lowest BCUT2D eigenvalue weighted by Crippen LogP contribution is -2.31. The van der Waals surface area contributed by atoms with Crippen LogP contribution in [-0.4, -0.2) is 18.1 Å². The molecule has 1 aromatic heterocycles. The topological polar surface area (TPSA) is 24.9 Å². The minimum absolute atomic E-state index is 0.625. The summed E-state index contributed by atoms with van der Waals surface area (Å²) in [4.78, 5) is 4.16. The molecular weight excluding hydrogens is 184 g/mol. The molecule has 1 aliphatic carbocycles. The molecule has 2 heteroatoms. The van der Waals surface area contributed by atoms with E-state index in [-0.39, 0.29) is 0 Å². The maximum Gasteiger partial charge on any atom is 0.0300 e. The van der Waals surface area contributed by atoms with Crippen LogP contribution in [0.1, 0.15) is 31.2 Å². The summed E-state index contributed by atoms with van der Waals surface area (Å²) in [7, 11) is 2.07. The lowest BCUT2D eigenvalue weighted by molar-refractivity contribution is 0.263. The van der Waals surface area contributed by atoms with Gasteiger partial charge >= 0.3 is 0 Å². The molecule has 1 aromatic rings. The van der Waals surface area contributed by atoms with Crippen LogP contribution in [0.15, 0.2) is 24.5 Å². The van der Waals surface area contributed by atoms with Crippen molar-refractivity contribution in [1.82, 2.24) is 10.3 Å². The summed E-state index contributed by atoms with van der Waals surface area (Å²) in [5.74, 6) is 0.971. The minimum atomic E-state index is 0.625. The zero-order valence-corrected chi connectivity index (χ0v) is 9.45. The molecule has 0 aliphatic heterocycles. The molecule has 0 aromatic carbocycles. The molecule has 0 bridgehead atoms. The third-order valence-corrected chi connectivity index (χ3v) is 3.46. The highest BCUT2D eigenvalue weighted by Crippen LogP contribution is 2.30. The standard InChI is InChI=1S/C13H20N2/c1-14-13(8-11-4-2-5-11)9-12-6-3-7-15-10-12/h3,6-7,10-11,13-14H,2,4-5,8-9H2,1H3. The van der Waals surface area contributed by atoms with Crippen LogP contribution in [0.25, 0.3) is 0 Å². The van der Waals surface area contributed by atoms with Gasteiger partial charge in [0.15, 0.2) is 0 Å². The monoisotopic (exact) mass is 204 g/mol. The Labute approximate surface area is 92.1 Å². The van der Waals surface area contributed by atoms with Gasteiger partial charge in [0.25, 0.3) is 0 Å². The molecule has 0 amide bonds. The van der Waals surface area contributed by atoms with Crippen LogP contribution in [0.4, 0.5) is 0 Å². The van der Waals surface area contributed by atoms with E-state index in [1.807, 2.05) is 18.5 Å². The Morgan fingerprint density at radius 3 is 2.93 bits per heavy atom. The van der Waals surface area contributed by atoms with Crippen molar-refractivity contribution in [2.45, 2.75) is 38.1 Å². The van der Waals surface area contributed by atoms with Crippen LogP contribution in [-0.2, 0) is 6.42 Å². The van der Waals surface area contributed by atoms with Crippen molar-refractivity contribution < 1.29 is 0 Å². The summed E-state index contributed by atoms with van der Waals surface area (Å²) in [5.41, 5.74) is 1.34. The largest absolute Gasteiger partial charge is 0.317 e. The zero-order chi connectivity index (χ0) is 10.5. The van der Waals surface area contributed by atoms with Crippen molar-refractivity contribution >= 4 is 0 Å². The summed E-state index contributed by atoms with van der Waals surface area (Å²) in [6.07, 6.45) is 10.6. The van der Waals surface area contributed by atoms with Crippen molar-refractivity contribution in [3.05, 3.63) is 30.1 Å². The fourth-order valence-corrected chi connectivity index (χ4v) is 2.24. The molecule has 1 atom stereocenters. The Hall–Kier alpha value is -0.890. The molecule has 1 unspecified atom stereocenters. The molecule has 1 aliphatic rings. The summed E-state index contributed by atoms with van der Waals surface area (Å²) < 4.78 is 0. The number of hydrogen-bond acceptors (Lipinski definition) is 2. The first-order valence-corrected chi connectivity index (χ1v) is 5.94. The van der Waals surface area contributed by atoms with Crippen LogP contribution in [0.2, 0.25) is 0 Å². The third kappa shape index (κ3) is 3.03. The summed E-state index contributed by atoms with van der Waals surface area (Å²) >= 11 is 0. The van der Waals surface area contributed by atoms with E-state index in [0.29, 0.717) is 6.04 Å². The molecule has 82 valence electrons. The first-order chi connectivity index (χ1) is 7.38. The lowest BCUT2D eigenvalue weighted by atomic mass is 9.80. The number of pyridine rings is 1. The quantitative estimate of drug-likeness (QED) is 0.796. The second-order valence-corrected chi connectivity index (χ2v) is 4.58. The van der Waals surface area contributed by atoms with Gasteiger partial charge in [-0.15, -0.1) is 0 Å². The fraction of sp³-hybridized carbons (Fsp3) is 0.615. The van der Waals surface area contributed by atoms with E-state index in [2.05, 4.69) is 23.4 Å². The number of aromatic nitrogens is 1. The molecule has 0 spiro atoms. The Kier molecular flexibility index (Phi) is 3.73. The normalized spacial score (nSPS) is 18.5. The Morgan fingerprint density at radius 1 is 1.53 bits per heavy atom. The lowest BCUT2D eigenvalue weighted by Gasteiger charge is -2.29. The molecular formula is C13H20N2. The Balaban J connectivity index is 1.84. The van der Waals surface area contributed by atoms with Crippen molar-refractivity contribution in [2.24, 2.45) is 5.92 Å². The van der Waals surface area contributed by atoms with Gasteiger partial charge in [-0.2, -0.15) is 0 Å². The molecule has 1 fully saturated rings. The highest BCUT2D eigenvalue weighted by Gasteiger charge is 2.21. The highest BCUT2D eigenvalue weighted by molar-refractivity contribution is 5.10. The smallest absolute Gasteiger partial charge is 0.0300 e. The number of nitrogens with zero attached hydrogens (tertiary/aromatic N) is 1.